The van der Waals surface area contributed by atoms with Gasteiger partial charge in [0.05, 0.1) is 11.1 Å². The quantitative estimate of drug-likeness (QED) is 0.406. The fraction of sp³-hybridized carbons (Fsp3) is 0.130. The Hall–Kier alpha value is -3.29. The highest BCUT2D eigenvalue weighted by Gasteiger charge is 2.44. The van der Waals surface area contributed by atoms with Crippen LogP contribution in [0.2, 0.25) is 0 Å². The number of rotatable bonds is 5. The molecule has 0 aliphatic rings. The number of alkyl halides is 5. The molecule has 0 saturated heterocycles. The number of hydrogen-bond donors (Lipinski definition) is 1. The lowest BCUT2D eigenvalue weighted by Crippen LogP contribution is -2.22. The van der Waals surface area contributed by atoms with E-state index in [1.54, 1.807) is 13.0 Å². The van der Waals surface area contributed by atoms with Gasteiger partial charge in [0.25, 0.3) is 0 Å². The van der Waals surface area contributed by atoms with Crippen LogP contribution in [0.4, 0.5) is 36.4 Å². The van der Waals surface area contributed by atoms with E-state index in [2.05, 4.69) is 11.9 Å². The lowest BCUT2D eigenvalue weighted by Gasteiger charge is -2.22. The van der Waals surface area contributed by atoms with Crippen LogP contribution in [0.15, 0.2) is 67.2 Å². The number of benzene rings is 3. The molecule has 8 heteroatoms. The van der Waals surface area contributed by atoms with Gasteiger partial charge >= 0.3 is 12.1 Å². The van der Waals surface area contributed by atoms with Crippen molar-refractivity contribution < 1.29 is 30.7 Å². The Kier molecular flexibility index (Phi) is 5.85. The zero-order chi connectivity index (χ0) is 23.0. The van der Waals surface area contributed by atoms with Crippen molar-refractivity contribution in [1.29, 1.82) is 0 Å². The molecule has 0 unspecified atom stereocenters. The summed E-state index contributed by atoms with van der Waals surface area (Å²) in [5.41, 5.74) is -3.40. The van der Waals surface area contributed by atoms with E-state index in [0.717, 1.165) is 18.2 Å². The van der Waals surface area contributed by atoms with E-state index < -0.39 is 40.4 Å². The minimum absolute atomic E-state index is 0.0196. The largest absolute Gasteiger partial charge is 0.416 e. The van der Waals surface area contributed by atoms with Gasteiger partial charge in [-0.25, -0.2) is 8.78 Å². The molecular formula is C23H16F7N. The van der Waals surface area contributed by atoms with Crippen molar-refractivity contribution in [3.05, 3.63) is 107 Å². The van der Waals surface area contributed by atoms with Crippen LogP contribution in [0.25, 0.3) is 5.70 Å². The van der Waals surface area contributed by atoms with Crippen molar-refractivity contribution in [1.82, 2.24) is 0 Å². The van der Waals surface area contributed by atoms with Gasteiger partial charge in [-0.2, -0.15) is 22.0 Å². The molecule has 0 saturated carbocycles. The lowest BCUT2D eigenvalue weighted by molar-refractivity contribution is -0.141. The highest BCUT2D eigenvalue weighted by Crippen LogP contribution is 2.44. The molecule has 0 spiro atoms. The van der Waals surface area contributed by atoms with E-state index in [1.807, 2.05) is 0 Å². The van der Waals surface area contributed by atoms with E-state index in [0.29, 0.717) is 29.8 Å². The first-order valence-corrected chi connectivity index (χ1v) is 8.99. The molecule has 0 aromatic heterocycles. The Morgan fingerprint density at radius 3 is 2.00 bits per heavy atom. The SMILES string of the molecule is C=C(Nc1ccc(C(F)(F)c2ccccc2C(F)(F)F)c(F)c1)c1c(C)cccc1F. The first-order valence-electron chi connectivity index (χ1n) is 8.99. The molecule has 0 aliphatic carbocycles. The maximum absolute atomic E-state index is 14.9. The second-order valence-electron chi connectivity index (χ2n) is 6.85. The number of aryl methyl sites for hydroxylation is 1. The van der Waals surface area contributed by atoms with Gasteiger partial charge in [0.1, 0.15) is 11.6 Å². The van der Waals surface area contributed by atoms with Crippen LogP contribution in [0.1, 0.15) is 27.8 Å². The van der Waals surface area contributed by atoms with Crippen LogP contribution in [-0.2, 0) is 12.1 Å². The first kappa shape index (κ1) is 22.4. The molecule has 0 heterocycles. The molecule has 0 radical (unpaired) electrons. The molecule has 1 N–H and O–H groups in total. The maximum atomic E-state index is 14.9. The molecule has 0 bridgehead atoms. The molecule has 0 aliphatic heterocycles. The topological polar surface area (TPSA) is 12.0 Å². The molecule has 3 aromatic rings. The van der Waals surface area contributed by atoms with Gasteiger partial charge in [-0.1, -0.05) is 36.9 Å². The zero-order valence-electron chi connectivity index (χ0n) is 16.1. The van der Waals surface area contributed by atoms with Crippen molar-refractivity contribution in [3.63, 3.8) is 0 Å². The number of anilines is 1. The molecule has 162 valence electrons. The summed E-state index contributed by atoms with van der Waals surface area (Å²) in [6.07, 6.45) is -5.03. The summed E-state index contributed by atoms with van der Waals surface area (Å²) in [6, 6.07) is 9.89. The number of hydrogen-bond acceptors (Lipinski definition) is 1. The van der Waals surface area contributed by atoms with Crippen LogP contribution >= 0.6 is 0 Å². The normalized spacial score (nSPS) is 12.0. The summed E-state index contributed by atoms with van der Waals surface area (Å²) in [7, 11) is 0. The molecule has 3 aromatic carbocycles. The molecule has 31 heavy (non-hydrogen) atoms. The second kappa shape index (κ2) is 8.09. The Balaban J connectivity index is 1.95. The maximum Gasteiger partial charge on any atom is 0.416 e. The minimum atomic E-state index is -5.03. The second-order valence-corrected chi connectivity index (χ2v) is 6.85. The molecule has 0 atom stereocenters. The predicted octanol–water partition coefficient (Wildman–Crippen LogP) is 7.51. The predicted molar refractivity (Wildman–Crippen MR) is 105 cm³/mol. The smallest absolute Gasteiger partial charge is 0.355 e. The summed E-state index contributed by atoms with van der Waals surface area (Å²) in [6.45, 7) is 5.31. The third kappa shape index (κ3) is 4.42. The van der Waals surface area contributed by atoms with Gasteiger partial charge in [-0.3, -0.25) is 0 Å². The summed E-state index contributed by atoms with van der Waals surface area (Å²) < 4.78 is 97.8. The third-order valence-corrected chi connectivity index (χ3v) is 4.70. The minimum Gasteiger partial charge on any atom is -0.355 e. The lowest BCUT2D eigenvalue weighted by atomic mass is 9.94. The van der Waals surface area contributed by atoms with E-state index in [4.69, 9.17) is 0 Å². The Labute approximate surface area is 173 Å². The standard InChI is InChI=1S/C23H16F7N/c1-13-6-5-9-19(24)21(13)14(2)31-15-10-11-18(20(25)12-15)22(26,27)16-7-3-4-8-17(16)23(28,29)30/h3-12,31H,2H2,1H3. The van der Waals surface area contributed by atoms with Crippen molar-refractivity contribution in [2.75, 3.05) is 5.32 Å². The average Bonchev–Trinajstić information content (AvgIpc) is 2.67. The Morgan fingerprint density at radius 2 is 1.42 bits per heavy atom. The van der Waals surface area contributed by atoms with E-state index >= 15 is 0 Å². The van der Waals surface area contributed by atoms with Crippen molar-refractivity contribution in [2.24, 2.45) is 0 Å². The zero-order valence-corrected chi connectivity index (χ0v) is 16.1. The molecular weight excluding hydrogens is 423 g/mol. The summed E-state index contributed by atoms with van der Waals surface area (Å²) in [4.78, 5) is 0. The van der Waals surface area contributed by atoms with Crippen LogP contribution in [-0.4, -0.2) is 0 Å². The summed E-state index contributed by atoms with van der Waals surface area (Å²) in [5.74, 6) is -6.25. The fourth-order valence-electron chi connectivity index (χ4n) is 3.25. The van der Waals surface area contributed by atoms with Gasteiger partial charge in [0.15, 0.2) is 0 Å². The van der Waals surface area contributed by atoms with Crippen molar-refractivity contribution in [3.8, 4) is 0 Å². The van der Waals surface area contributed by atoms with Gasteiger partial charge in [-0.05, 0) is 42.8 Å². The van der Waals surface area contributed by atoms with E-state index in [9.17, 15) is 30.7 Å². The Bertz CT molecular complexity index is 1110. The van der Waals surface area contributed by atoms with Gasteiger partial charge in [0.2, 0.25) is 0 Å². The number of nitrogens with one attached hydrogen (secondary N) is 1. The van der Waals surface area contributed by atoms with E-state index in [-0.39, 0.29) is 16.9 Å². The van der Waals surface area contributed by atoms with Crippen LogP contribution in [0, 0.1) is 18.6 Å². The van der Waals surface area contributed by atoms with Gasteiger partial charge in [-0.15, -0.1) is 0 Å². The molecule has 3 rings (SSSR count). The Morgan fingerprint density at radius 1 is 0.774 bits per heavy atom. The van der Waals surface area contributed by atoms with Crippen LogP contribution in [0.5, 0.6) is 0 Å². The molecule has 1 nitrogen and oxygen atoms in total. The molecule has 0 amide bonds. The first-order chi connectivity index (χ1) is 14.4. The van der Waals surface area contributed by atoms with Crippen molar-refractivity contribution in [2.45, 2.75) is 19.0 Å². The average molecular weight is 439 g/mol. The van der Waals surface area contributed by atoms with E-state index in [1.165, 1.54) is 12.1 Å². The van der Waals surface area contributed by atoms with Gasteiger partial charge in [0, 0.05) is 22.5 Å². The summed E-state index contributed by atoms with van der Waals surface area (Å²) in [5, 5.41) is 2.64. The van der Waals surface area contributed by atoms with Crippen molar-refractivity contribution >= 4 is 11.4 Å². The monoisotopic (exact) mass is 439 g/mol. The third-order valence-electron chi connectivity index (χ3n) is 4.70. The molecule has 0 fully saturated rings. The van der Waals surface area contributed by atoms with Gasteiger partial charge < -0.3 is 5.32 Å². The summed E-state index contributed by atoms with van der Waals surface area (Å²) >= 11 is 0. The number of halogens is 7. The van der Waals surface area contributed by atoms with Crippen LogP contribution in [0.3, 0.4) is 0 Å². The fourth-order valence-corrected chi connectivity index (χ4v) is 3.25. The highest BCUT2D eigenvalue weighted by atomic mass is 19.4. The van der Waals surface area contributed by atoms with Crippen LogP contribution < -0.4 is 5.32 Å². The highest BCUT2D eigenvalue weighted by molar-refractivity contribution is 5.77.